The van der Waals surface area contributed by atoms with Gasteiger partial charge in [-0.1, -0.05) is 48.5 Å². The summed E-state index contributed by atoms with van der Waals surface area (Å²) in [5.74, 6) is -0.146. The van der Waals surface area contributed by atoms with E-state index in [0.717, 1.165) is 6.42 Å². The number of carbonyl (C=O) groups excluding carboxylic acids is 1. The Morgan fingerprint density at radius 2 is 1.46 bits per heavy atom. The molecular weight excluding hydrogens is 298 g/mol. The summed E-state index contributed by atoms with van der Waals surface area (Å²) in [5, 5.41) is 4.92. The molecule has 0 N–H and O–H groups in total. The normalized spacial score (nSPS) is 11.8. The molecule has 0 saturated carbocycles. The molecule has 0 aliphatic heterocycles. The minimum Gasteiger partial charge on any atom is -0.461 e. The molecule has 0 spiro atoms. The summed E-state index contributed by atoms with van der Waals surface area (Å²) in [6.45, 7) is 0.799. The fraction of sp³-hybridized carbons (Fsp3) is 0.286. The molecule has 24 heavy (non-hydrogen) atoms. The molecule has 0 fully saturated rings. The Hall–Kier alpha value is -2.39. The number of nitrogens with zero attached hydrogens (tertiary/aromatic N) is 1. The monoisotopic (exact) mass is 322 g/mol. The maximum atomic E-state index is 11.9. The second-order valence-corrected chi connectivity index (χ2v) is 7.22. The van der Waals surface area contributed by atoms with Crippen LogP contribution in [0.15, 0.2) is 54.6 Å². The van der Waals surface area contributed by atoms with E-state index < -0.39 is 0 Å². The molecule has 3 aromatic carbocycles. The molecular formula is C21H24NO2+. The van der Waals surface area contributed by atoms with E-state index >= 15 is 0 Å². The Kier molecular flexibility index (Phi) is 4.54. The zero-order chi connectivity index (χ0) is 17.2. The SMILES string of the molecule is C[N+](C)(C)CC(=O)OCCc1c2ccccc2cc2ccccc12. The predicted molar refractivity (Wildman–Crippen MR) is 99.0 cm³/mol. The molecule has 124 valence electrons. The molecule has 0 aliphatic rings. The van der Waals surface area contributed by atoms with Crippen LogP contribution in [0.4, 0.5) is 0 Å². The van der Waals surface area contributed by atoms with E-state index in [9.17, 15) is 4.79 Å². The number of rotatable bonds is 5. The molecule has 0 aliphatic carbocycles. The third-order valence-corrected chi connectivity index (χ3v) is 4.10. The van der Waals surface area contributed by atoms with Crippen molar-refractivity contribution in [2.24, 2.45) is 0 Å². The van der Waals surface area contributed by atoms with E-state index in [1.165, 1.54) is 27.1 Å². The van der Waals surface area contributed by atoms with Crippen LogP contribution in [-0.4, -0.2) is 44.7 Å². The van der Waals surface area contributed by atoms with Crippen LogP contribution in [0, 0.1) is 0 Å². The third kappa shape index (κ3) is 3.74. The van der Waals surface area contributed by atoms with Crippen molar-refractivity contribution < 1.29 is 14.0 Å². The highest BCUT2D eigenvalue weighted by atomic mass is 16.5. The highest BCUT2D eigenvalue weighted by Crippen LogP contribution is 2.28. The molecule has 0 unspecified atom stereocenters. The third-order valence-electron chi connectivity index (χ3n) is 4.10. The van der Waals surface area contributed by atoms with Crippen molar-refractivity contribution in [2.75, 3.05) is 34.3 Å². The number of fused-ring (bicyclic) bond motifs is 2. The standard InChI is InChI=1S/C21H24NO2/c1-22(2,3)15-21(23)24-13-12-20-18-10-6-4-8-16(18)14-17-9-5-7-11-19(17)20/h4-11,14H,12-13,15H2,1-3H3/q+1. The van der Waals surface area contributed by atoms with Gasteiger partial charge in [-0.3, -0.25) is 0 Å². The number of quaternary nitrogens is 1. The number of esters is 1. The lowest BCUT2D eigenvalue weighted by Crippen LogP contribution is -2.40. The average molecular weight is 322 g/mol. The number of carbonyl (C=O) groups is 1. The van der Waals surface area contributed by atoms with E-state index in [2.05, 4.69) is 54.6 Å². The number of benzene rings is 3. The zero-order valence-electron chi connectivity index (χ0n) is 14.6. The van der Waals surface area contributed by atoms with Gasteiger partial charge in [0, 0.05) is 6.42 Å². The second-order valence-electron chi connectivity index (χ2n) is 7.22. The van der Waals surface area contributed by atoms with Crippen molar-refractivity contribution in [2.45, 2.75) is 6.42 Å². The van der Waals surface area contributed by atoms with Crippen molar-refractivity contribution in [3.8, 4) is 0 Å². The van der Waals surface area contributed by atoms with E-state index in [-0.39, 0.29) is 5.97 Å². The van der Waals surface area contributed by atoms with Gasteiger partial charge >= 0.3 is 5.97 Å². The van der Waals surface area contributed by atoms with Crippen LogP contribution in [-0.2, 0) is 16.0 Å². The van der Waals surface area contributed by atoms with Gasteiger partial charge in [0.15, 0.2) is 6.54 Å². The molecule has 3 heteroatoms. The summed E-state index contributed by atoms with van der Waals surface area (Å²) in [6, 6.07) is 19.0. The van der Waals surface area contributed by atoms with Crippen molar-refractivity contribution in [1.82, 2.24) is 0 Å². The summed E-state index contributed by atoms with van der Waals surface area (Å²) in [5.41, 5.74) is 1.25. The lowest BCUT2D eigenvalue weighted by atomic mass is 9.95. The summed E-state index contributed by atoms with van der Waals surface area (Å²) < 4.78 is 6.04. The highest BCUT2D eigenvalue weighted by molar-refractivity contribution is 6.02. The molecule has 0 radical (unpaired) electrons. The number of likely N-dealkylation sites (N-methyl/N-ethyl adjacent to an activating group) is 1. The second kappa shape index (κ2) is 6.62. The quantitative estimate of drug-likeness (QED) is 0.406. The maximum absolute atomic E-state index is 11.9. The molecule has 3 aromatic rings. The van der Waals surface area contributed by atoms with Gasteiger partial charge in [-0.05, 0) is 33.2 Å². The minimum absolute atomic E-state index is 0.146. The van der Waals surface area contributed by atoms with Crippen LogP contribution in [0.3, 0.4) is 0 Å². The Morgan fingerprint density at radius 1 is 0.917 bits per heavy atom. The van der Waals surface area contributed by atoms with Crippen molar-refractivity contribution in [1.29, 1.82) is 0 Å². The van der Waals surface area contributed by atoms with Crippen LogP contribution < -0.4 is 0 Å². The van der Waals surface area contributed by atoms with Crippen LogP contribution in [0.25, 0.3) is 21.5 Å². The van der Waals surface area contributed by atoms with Gasteiger partial charge in [0.2, 0.25) is 0 Å². The minimum atomic E-state index is -0.146. The van der Waals surface area contributed by atoms with Crippen molar-refractivity contribution in [3.05, 3.63) is 60.2 Å². The van der Waals surface area contributed by atoms with Crippen LogP contribution >= 0.6 is 0 Å². The first kappa shape index (κ1) is 16.5. The Balaban J connectivity index is 1.86. The fourth-order valence-corrected chi connectivity index (χ4v) is 3.08. The Bertz CT molecular complexity index is 824. The van der Waals surface area contributed by atoms with Crippen LogP contribution in [0.1, 0.15) is 5.56 Å². The summed E-state index contributed by atoms with van der Waals surface area (Å²) in [4.78, 5) is 11.9. The smallest absolute Gasteiger partial charge is 0.361 e. The summed E-state index contributed by atoms with van der Waals surface area (Å²) >= 11 is 0. The number of hydrogen-bond acceptors (Lipinski definition) is 2. The first-order chi connectivity index (χ1) is 11.4. The molecule has 0 atom stereocenters. The Labute approximate surface area is 143 Å². The lowest BCUT2D eigenvalue weighted by Gasteiger charge is -2.22. The zero-order valence-corrected chi connectivity index (χ0v) is 14.6. The molecule has 3 nitrogen and oxygen atoms in total. The van der Waals surface area contributed by atoms with Gasteiger partial charge in [0.05, 0.1) is 27.7 Å². The van der Waals surface area contributed by atoms with Gasteiger partial charge in [-0.15, -0.1) is 0 Å². The molecule has 0 amide bonds. The van der Waals surface area contributed by atoms with Gasteiger partial charge in [0.25, 0.3) is 0 Å². The van der Waals surface area contributed by atoms with Crippen LogP contribution in [0.2, 0.25) is 0 Å². The Morgan fingerprint density at radius 3 is 2.00 bits per heavy atom. The lowest BCUT2D eigenvalue weighted by molar-refractivity contribution is -0.862. The highest BCUT2D eigenvalue weighted by Gasteiger charge is 2.16. The molecule has 0 heterocycles. The largest absolute Gasteiger partial charge is 0.461 e. The fourth-order valence-electron chi connectivity index (χ4n) is 3.08. The van der Waals surface area contributed by atoms with Gasteiger partial charge in [-0.25, -0.2) is 4.79 Å². The van der Waals surface area contributed by atoms with Crippen molar-refractivity contribution in [3.63, 3.8) is 0 Å². The van der Waals surface area contributed by atoms with Gasteiger partial charge in [-0.2, -0.15) is 0 Å². The molecule has 0 saturated heterocycles. The summed E-state index contributed by atoms with van der Waals surface area (Å²) in [6.07, 6.45) is 0.727. The van der Waals surface area contributed by atoms with Gasteiger partial charge < -0.3 is 9.22 Å². The van der Waals surface area contributed by atoms with Crippen molar-refractivity contribution >= 4 is 27.5 Å². The van der Waals surface area contributed by atoms with E-state index in [0.29, 0.717) is 17.6 Å². The van der Waals surface area contributed by atoms with E-state index in [1.807, 2.05) is 21.1 Å². The van der Waals surface area contributed by atoms with E-state index in [1.54, 1.807) is 0 Å². The van der Waals surface area contributed by atoms with Gasteiger partial charge in [0.1, 0.15) is 0 Å². The summed E-state index contributed by atoms with van der Waals surface area (Å²) in [7, 11) is 5.96. The molecule has 0 aromatic heterocycles. The average Bonchev–Trinajstić information content (AvgIpc) is 2.52. The number of hydrogen-bond donors (Lipinski definition) is 0. The topological polar surface area (TPSA) is 26.3 Å². The van der Waals surface area contributed by atoms with Crippen LogP contribution in [0.5, 0.6) is 0 Å². The molecule has 3 rings (SSSR count). The first-order valence-corrected chi connectivity index (χ1v) is 8.29. The predicted octanol–water partition coefficient (Wildman–Crippen LogP) is 3.78. The number of ether oxygens (including phenoxy) is 1. The molecule has 0 bridgehead atoms. The first-order valence-electron chi connectivity index (χ1n) is 8.29. The maximum Gasteiger partial charge on any atom is 0.361 e. The van der Waals surface area contributed by atoms with E-state index in [4.69, 9.17) is 4.74 Å².